The standard InChI is InChI=1S/C25H22FNO6S/c26-22-13-20(24-21(14-22)17-32-25(33-24)19-9-5-2-6-10-19)16-31-23(28)15-27-34(29,30)12-11-18-7-3-1-4-8-18/h1-14,25,27H,15-17H2/b12-11+. The van der Waals surface area contributed by atoms with E-state index in [9.17, 15) is 17.6 Å². The van der Waals surface area contributed by atoms with E-state index in [1.54, 1.807) is 24.3 Å². The van der Waals surface area contributed by atoms with Gasteiger partial charge in [-0.15, -0.1) is 0 Å². The van der Waals surface area contributed by atoms with Crippen LogP contribution in [0.4, 0.5) is 4.39 Å². The van der Waals surface area contributed by atoms with Gasteiger partial charge in [0.15, 0.2) is 0 Å². The first-order valence-electron chi connectivity index (χ1n) is 10.4. The van der Waals surface area contributed by atoms with Crippen molar-refractivity contribution < 1.29 is 31.8 Å². The molecule has 1 aliphatic heterocycles. The van der Waals surface area contributed by atoms with E-state index in [1.807, 2.05) is 36.4 Å². The van der Waals surface area contributed by atoms with Crippen molar-refractivity contribution >= 4 is 22.1 Å². The monoisotopic (exact) mass is 483 g/mol. The average molecular weight is 484 g/mol. The second-order valence-electron chi connectivity index (χ2n) is 7.46. The van der Waals surface area contributed by atoms with Crippen LogP contribution in [0.2, 0.25) is 0 Å². The number of hydrogen-bond donors (Lipinski definition) is 1. The number of hydrogen-bond acceptors (Lipinski definition) is 6. The highest BCUT2D eigenvalue weighted by Crippen LogP contribution is 2.36. The van der Waals surface area contributed by atoms with Gasteiger partial charge in [-0.05, 0) is 23.8 Å². The summed E-state index contributed by atoms with van der Waals surface area (Å²) < 4.78 is 57.2. The van der Waals surface area contributed by atoms with Crippen LogP contribution in [-0.2, 0) is 37.5 Å². The van der Waals surface area contributed by atoms with Gasteiger partial charge in [0.1, 0.15) is 24.7 Å². The molecule has 1 N–H and O–H groups in total. The summed E-state index contributed by atoms with van der Waals surface area (Å²) in [5, 5.41) is 0.968. The van der Waals surface area contributed by atoms with Crippen molar-refractivity contribution in [3.05, 3.63) is 106 Å². The zero-order valence-electron chi connectivity index (χ0n) is 18.0. The van der Waals surface area contributed by atoms with Crippen molar-refractivity contribution in [1.29, 1.82) is 0 Å². The van der Waals surface area contributed by atoms with Crippen LogP contribution in [0, 0.1) is 5.82 Å². The molecule has 176 valence electrons. The Labute approximate surface area is 196 Å². The van der Waals surface area contributed by atoms with Crippen molar-refractivity contribution in [2.45, 2.75) is 19.5 Å². The van der Waals surface area contributed by atoms with Gasteiger partial charge in [0, 0.05) is 22.1 Å². The predicted molar refractivity (Wildman–Crippen MR) is 123 cm³/mol. The minimum Gasteiger partial charge on any atom is -0.460 e. The molecule has 3 aromatic carbocycles. The highest BCUT2D eigenvalue weighted by molar-refractivity contribution is 7.92. The third-order valence-corrected chi connectivity index (χ3v) is 5.98. The third-order valence-electron chi connectivity index (χ3n) is 4.94. The molecule has 0 spiro atoms. The number of ether oxygens (including phenoxy) is 3. The van der Waals surface area contributed by atoms with Gasteiger partial charge in [-0.25, -0.2) is 17.5 Å². The maximum Gasteiger partial charge on any atom is 0.321 e. The number of esters is 1. The molecule has 0 radical (unpaired) electrons. The minimum atomic E-state index is -3.85. The molecular formula is C25H22FNO6S. The first-order chi connectivity index (χ1) is 16.4. The lowest BCUT2D eigenvalue weighted by atomic mass is 10.1. The minimum absolute atomic E-state index is 0.126. The SMILES string of the molecule is O=C(CNS(=O)(=O)/C=C/c1ccccc1)OCc1cc(F)cc2c1OC(c1ccccc1)OC2. The number of sulfonamides is 1. The summed E-state index contributed by atoms with van der Waals surface area (Å²) in [6.07, 6.45) is 0.728. The molecule has 0 bridgehead atoms. The van der Waals surface area contributed by atoms with E-state index in [4.69, 9.17) is 14.2 Å². The molecule has 4 rings (SSSR count). The lowest BCUT2D eigenvalue weighted by molar-refractivity contribution is -0.143. The first-order valence-corrected chi connectivity index (χ1v) is 12.0. The largest absolute Gasteiger partial charge is 0.460 e. The molecule has 0 saturated heterocycles. The molecule has 0 aromatic heterocycles. The lowest BCUT2D eigenvalue weighted by Gasteiger charge is -2.28. The Morgan fingerprint density at radius 3 is 2.53 bits per heavy atom. The zero-order chi connectivity index (χ0) is 24.0. The Bertz CT molecular complexity index is 1280. The molecule has 3 aromatic rings. The van der Waals surface area contributed by atoms with Crippen molar-refractivity contribution in [3.63, 3.8) is 0 Å². The molecule has 34 heavy (non-hydrogen) atoms. The quantitative estimate of drug-likeness (QED) is 0.486. The van der Waals surface area contributed by atoms with Gasteiger partial charge in [-0.3, -0.25) is 4.79 Å². The summed E-state index contributed by atoms with van der Waals surface area (Å²) >= 11 is 0. The molecule has 1 aliphatic rings. The maximum absolute atomic E-state index is 14.1. The third kappa shape index (κ3) is 6.28. The van der Waals surface area contributed by atoms with Crippen molar-refractivity contribution in [2.24, 2.45) is 0 Å². The van der Waals surface area contributed by atoms with Gasteiger partial charge in [0.05, 0.1) is 6.61 Å². The second kappa shape index (κ2) is 10.6. The highest BCUT2D eigenvalue weighted by Gasteiger charge is 2.25. The number of nitrogens with one attached hydrogen (secondary N) is 1. The topological polar surface area (TPSA) is 90.9 Å². The van der Waals surface area contributed by atoms with E-state index in [1.165, 1.54) is 18.2 Å². The predicted octanol–water partition coefficient (Wildman–Crippen LogP) is 4.07. The Balaban J connectivity index is 1.37. The molecular weight excluding hydrogens is 461 g/mol. The normalized spacial score (nSPS) is 15.5. The number of carbonyl (C=O) groups excluding carboxylic acids is 1. The number of benzene rings is 3. The van der Waals surface area contributed by atoms with Crippen molar-refractivity contribution in [2.75, 3.05) is 6.54 Å². The van der Waals surface area contributed by atoms with Crippen LogP contribution in [0.25, 0.3) is 6.08 Å². The maximum atomic E-state index is 14.1. The summed E-state index contributed by atoms with van der Waals surface area (Å²) in [4.78, 5) is 12.1. The number of fused-ring (bicyclic) bond motifs is 1. The van der Waals surface area contributed by atoms with Crippen LogP contribution < -0.4 is 9.46 Å². The summed E-state index contributed by atoms with van der Waals surface area (Å²) in [6.45, 7) is -0.737. The fourth-order valence-corrected chi connectivity index (χ4v) is 4.06. The van der Waals surface area contributed by atoms with Crippen molar-refractivity contribution in [3.8, 4) is 5.75 Å². The van der Waals surface area contributed by atoms with Gasteiger partial charge < -0.3 is 14.2 Å². The molecule has 1 heterocycles. The Kier molecular flexibility index (Phi) is 7.36. The number of halogens is 1. The second-order valence-corrected chi connectivity index (χ2v) is 9.12. The molecule has 9 heteroatoms. The molecule has 0 aliphatic carbocycles. The van der Waals surface area contributed by atoms with E-state index >= 15 is 0 Å². The molecule has 7 nitrogen and oxygen atoms in total. The van der Waals surface area contributed by atoms with Crippen LogP contribution in [0.3, 0.4) is 0 Å². The first kappa shape index (κ1) is 23.6. The van der Waals surface area contributed by atoms with Crippen LogP contribution in [-0.4, -0.2) is 20.9 Å². The zero-order valence-corrected chi connectivity index (χ0v) is 18.8. The summed E-state index contributed by atoms with van der Waals surface area (Å²) in [5.74, 6) is -0.969. The smallest absolute Gasteiger partial charge is 0.321 e. The Hall–Kier alpha value is -3.53. The summed E-state index contributed by atoms with van der Waals surface area (Å²) in [5.41, 5.74) is 2.30. The number of rotatable bonds is 8. The summed E-state index contributed by atoms with van der Waals surface area (Å²) in [6, 6.07) is 20.6. The number of carbonyl (C=O) groups is 1. The van der Waals surface area contributed by atoms with E-state index in [0.29, 0.717) is 22.4 Å². The Morgan fingerprint density at radius 2 is 1.79 bits per heavy atom. The van der Waals surface area contributed by atoms with Gasteiger partial charge in [-0.2, -0.15) is 0 Å². The van der Waals surface area contributed by atoms with Gasteiger partial charge in [0.2, 0.25) is 16.3 Å². The lowest BCUT2D eigenvalue weighted by Crippen LogP contribution is -2.29. The van der Waals surface area contributed by atoms with Crippen LogP contribution in [0.15, 0.2) is 78.2 Å². The highest BCUT2D eigenvalue weighted by atomic mass is 32.2. The van der Waals surface area contributed by atoms with E-state index in [2.05, 4.69) is 4.72 Å². The molecule has 1 unspecified atom stereocenters. The Morgan fingerprint density at radius 1 is 1.09 bits per heavy atom. The average Bonchev–Trinajstić information content (AvgIpc) is 2.86. The van der Waals surface area contributed by atoms with Crippen molar-refractivity contribution in [1.82, 2.24) is 4.72 Å². The summed E-state index contributed by atoms with van der Waals surface area (Å²) in [7, 11) is -3.85. The molecule has 0 saturated carbocycles. The van der Waals surface area contributed by atoms with Crippen LogP contribution in [0.5, 0.6) is 5.75 Å². The molecule has 0 fully saturated rings. The van der Waals surface area contributed by atoms with Gasteiger partial charge >= 0.3 is 5.97 Å². The van der Waals surface area contributed by atoms with Gasteiger partial charge in [0.25, 0.3) is 0 Å². The molecule has 1 atom stereocenters. The van der Waals surface area contributed by atoms with E-state index < -0.39 is 34.6 Å². The molecule has 0 amide bonds. The van der Waals surface area contributed by atoms with E-state index in [0.717, 1.165) is 11.0 Å². The fourth-order valence-electron chi connectivity index (χ4n) is 3.31. The van der Waals surface area contributed by atoms with Gasteiger partial charge in [-0.1, -0.05) is 60.7 Å². The van der Waals surface area contributed by atoms with Crippen LogP contribution >= 0.6 is 0 Å². The fraction of sp³-hybridized carbons (Fsp3) is 0.160. The van der Waals surface area contributed by atoms with Crippen LogP contribution in [0.1, 0.15) is 28.5 Å². The van der Waals surface area contributed by atoms with E-state index in [-0.39, 0.29) is 13.2 Å².